The van der Waals surface area contributed by atoms with Crippen LogP contribution in [0.4, 0.5) is 5.69 Å². The Bertz CT molecular complexity index is 1250. The number of carbonyl (C=O) groups is 1. The summed E-state index contributed by atoms with van der Waals surface area (Å²) in [5.74, 6) is -0.643. The smallest absolute Gasteiger partial charge is 0.280 e. The molecule has 2 N–H and O–H groups in total. The van der Waals surface area contributed by atoms with Gasteiger partial charge in [0.05, 0.1) is 31.9 Å². The molecule has 1 heterocycles. The number of carbonyl (C=O) groups excluding carboxylic acids is 1. The van der Waals surface area contributed by atoms with Crippen LogP contribution in [-0.2, 0) is 0 Å². The number of halogens is 2. The van der Waals surface area contributed by atoms with E-state index in [1.165, 1.54) is 22.9 Å². The van der Waals surface area contributed by atoms with Crippen LogP contribution in [0.1, 0.15) is 28.5 Å². The topological polar surface area (TPSA) is 122 Å². The molecule has 0 atom stereocenters. The number of non-ortho nitro benzene ring substituents is 1. The van der Waals surface area contributed by atoms with Crippen molar-refractivity contribution in [2.75, 3.05) is 0 Å². The van der Waals surface area contributed by atoms with Crippen LogP contribution in [0, 0.1) is 17.0 Å². The standard InChI is InChI=1S/C19H15Cl2N5O4/c1-10(22-23-18(27)12-4-3-5-14(8-12)26(29)30)17-11(2)24-25(19(17)28)13-6-7-15(20)16(21)9-13/h3-9,24H,1-2H3,(H,23,27). The van der Waals surface area contributed by atoms with E-state index in [9.17, 15) is 19.7 Å². The summed E-state index contributed by atoms with van der Waals surface area (Å²) >= 11 is 11.9. The van der Waals surface area contributed by atoms with Crippen molar-refractivity contribution in [1.29, 1.82) is 0 Å². The summed E-state index contributed by atoms with van der Waals surface area (Å²) < 4.78 is 1.29. The monoisotopic (exact) mass is 447 g/mol. The van der Waals surface area contributed by atoms with Gasteiger partial charge in [0, 0.05) is 23.4 Å². The fourth-order valence-corrected chi connectivity index (χ4v) is 3.09. The molecule has 0 radical (unpaired) electrons. The lowest BCUT2D eigenvalue weighted by atomic mass is 10.2. The van der Waals surface area contributed by atoms with Crippen molar-refractivity contribution in [1.82, 2.24) is 15.2 Å². The molecule has 0 fully saturated rings. The van der Waals surface area contributed by atoms with Gasteiger partial charge in [-0.3, -0.25) is 24.8 Å². The summed E-state index contributed by atoms with van der Waals surface area (Å²) in [6.45, 7) is 3.25. The van der Waals surface area contributed by atoms with Crippen LogP contribution in [0.25, 0.3) is 5.69 Å². The number of amides is 1. The summed E-state index contributed by atoms with van der Waals surface area (Å²) in [7, 11) is 0. The third-order valence-corrected chi connectivity index (χ3v) is 4.98. The molecular formula is C19H15Cl2N5O4. The number of hydrogen-bond donors (Lipinski definition) is 2. The Morgan fingerprint density at radius 1 is 1.20 bits per heavy atom. The molecule has 0 aliphatic carbocycles. The van der Waals surface area contributed by atoms with Gasteiger partial charge >= 0.3 is 0 Å². The highest BCUT2D eigenvalue weighted by Crippen LogP contribution is 2.24. The van der Waals surface area contributed by atoms with Crippen molar-refractivity contribution < 1.29 is 9.72 Å². The van der Waals surface area contributed by atoms with Gasteiger partial charge in [-0.25, -0.2) is 10.1 Å². The number of nitro groups is 1. The van der Waals surface area contributed by atoms with E-state index in [4.69, 9.17) is 23.2 Å². The second kappa shape index (κ2) is 8.52. The first-order chi connectivity index (χ1) is 14.2. The van der Waals surface area contributed by atoms with Crippen LogP contribution < -0.4 is 11.0 Å². The second-order valence-corrected chi connectivity index (χ2v) is 7.11. The molecule has 3 aromatic rings. The van der Waals surface area contributed by atoms with Crippen LogP contribution in [0.5, 0.6) is 0 Å². The Morgan fingerprint density at radius 2 is 1.93 bits per heavy atom. The predicted octanol–water partition coefficient (Wildman–Crippen LogP) is 3.84. The fourth-order valence-electron chi connectivity index (χ4n) is 2.79. The molecule has 0 aliphatic rings. The van der Waals surface area contributed by atoms with Gasteiger partial charge in [0.1, 0.15) is 0 Å². The van der Waals surface area contributed by atoms with Crippen molar-refractivity contribution in [3.8, 4) is 5.69 Å². The first-order valence-corrected chi connectivity index (χ1v) is 9.31. The lowest BCUT2D eigenvalue weighted by Crippen LogP contribution is -2.23. The molecule has 0 saturated heterocycles. The van der Waals surface area contributed by atoms with E-state index >= 15 is 0 Å². The van der Waals surface area contributed by atoms with Gasteiger partial charge in [-0.05, 0) is 38.1 Å². The van der Waals surface area contributed by atoms with Gasteiger partial charge in [0.15, 0.2) is 0 Å². The average molecular weight is 448 g/mol. The highest BCUT2D eigenvalue weighted by Gasteiger charge is 2.17. The summed E-state index contributed by atoms with van der Waals surface area (Å²) in [5, 5.41) is 18.4. The normalized spacial score (nSPS) is 11.4. The SMILES string of the molecule is CC(=NNC(=O)c1cccc([N+](=O)[O-])c1)c1c(C)[nH]n(-c2ccc(Cl)c(Cl)c2)c1=O. The maximum atomic E-state index is 12.8. The molecule has 0 unspecified atom stereocenters. The van der Waals surface area contributed by atoms with E-state index in [2.05, 4.69) is 15.6 Å². The number of benzene rings is 2. The van der Waals surface area contributed by atoms with E-state index < -0.39 is 16.4 Å². The van der Waals surface area contributed by atoms with Gasteiger partial charge in [-0.2, -0.15) is 5.10 Å². The highest BCUT2D eigenvalue weighted by molar-refractivity contribution is 6.42. The van der Waals surface area contributed by atoms with Gasteiger partial charge < -0.3 is 0 Å². The lowest BCUT2D eigenvalue weighted by Gasteiger charge is -2.03. The average Bonchev–Trinajstić information content (AvgIpc) is 3.02. The molecule has 9 nitrogen and oxygen atoms in total. The number of aromatic amines is 1. The molecule has 154 valence electrons. The molecule has 0 bridgehead atoms. The van der Waals surface area contributed by atoms with Crippen molar-refractivity contribution in [3.05, 3.63) is 89.8 Å². The number of nitro benzene ring substituents is 1. The first-order valence-electron chi connectivity index (χ1n) is 8.55. The van der Waals surface area contributed by atoms with E-state index in [1.807, 2.05) is 0 Å². The van der Waals surface area contributed by atoms with Crippen molar-refractivity contribution >= 4 is 40.5 Å². The largest absolute Gasteiger partial charge is 0.295 e. The number of aryl methyl sites for hydroxylation is 1. The van der Waals surface area contributed by atoms with E-state index in [-0.39, 0.29) is 22.5 Å². The van der Waals surface area contributed by atoms with Gasteiger partial charge in [-0.15, -0.1) is 0 Å². The lowest BCUT2D eigenvalue weighted by molar-refractivity contribution is -0.384. The molecule has 11 heteroatoms. The molecule has 3 rings (SSSR count). The molecule has 2 aromatic carbocycles. The zero-order chi connectivity index (χ0) is 22.0. The maximum absolute atomic E-state index is 12.8. The third-order valence-electron chi connectivity index (χ3n) is 4.24. The number of H-pyrrole nitrogens is 1. The predicted molar refractivity (Wildman–Crippen MR) is 114 cm³/mol. The number of aromatic nitrogens is 2. The zero-order valence-electron chi connectivity index (χ0n) is 15.8. The summed E-state index contributed by atoms with van der Waals surface area (Å²) in [5.41, 5.74) is 3.30. The van der Waals surface area contributed by atoms with Crippen LogP contribution in [0.15, 0.2) is 52.4 Å². The van der Waals surface area contributed by atoms with Crippen molar-refractivity contribution in [2.45, 2.75) is 13.8 Å². The number of nitrogens with zero attached hydrogens (tertiary/aromatic N) is 3. The highest BCUT2D eigenvalue weighted by atomic mass is 35.5. The molecule has 1 aromatic heterocycles. The van der Waals surface area contributed by atoms with Crippen LogP contribution in [0.2, 0.25) is 10.0 Å². The van der Waals surface area contributed by atoms with Crippen LogP contribution in [-0.4, -0.2) is 26.3 Å². The van der Waals surface area contributed by atoms with E-state index in [0.717, 1.165) is 6.07 Å². The maximum Gasteiger partial charge on any atom is 0.280 e. The zero-order valence-corrected chi connectivity index (χ0v) is 17.3. The number of nitrogens with one attached hydrogen (secondary N) is 2. The quantitative estimate of drug-likeness (QED) is 0.350. The molecular weight excluding hydrogens is 433 g/mol. The summed E-state index contributed by atoms with van der Waals surface area (Å²) in [6.07, 6.45) is 0. The van der Waals surface area contributed by atoms with E-state index in [0.29, 0.717) is 21.4 Å². The molecule has 30 heavy (non-hydrogen) atoms. The minimum Gasteiger partial charge on any atom is -0.295 e. The number of rotatable bonds is 5. The first kappa shape index (κ1) is 21.3. The Hall–Kier alpha value is -3.43. The summed E-state index contributed by atoms with van der Waals surface area (Å²) in [6, 6.07) is 9.98. The number of hydrogen-bond acceptors (Lipinski definition) is 5. The Balaban J connectivity index is 1.88. The third kappa shape index (κ3) is 4.27. The van der Waals surface area contributed by atoms with Gasteiger partial charge in [0.25, 0.3) is 17.2 Å². The number of hydrazone groups is 1. The minimum absolute atomic E-state index is 0.0692. The van der Waals surface area contributed by atoms with Crippen LogP contribution >= 0.6 is 23.2 Å². The molecule has 0 spiro atoms. The molecule has 0 aliphatic heterocycles. The second-order valence-electron chi connectivity index (χ2n) is 6.30. The Kier molecular flexibility index (Phi) is 6.04. The fraction of sp³-hybridized carbons (Fsp3) is 0.105. The van der Waals surface area contributed by atoms with Gasteiger partial charge in [0.2, 0.25) is 0 Å². The van der Waals surface area contributed by atoms with Crippen LogP contribution in [0.3, 0.4) is 0 Å². The Morgan fingerprint density at radius 3 is 2.60 bits per heavy atom. The Labute approximate surface area is 180 Å². The molecule has 0 saturated carbocycles. The minimum atomic E-state index is -0.643. The molecule has 1 amide bonds. The van der Waals surface area contributed by atoms with Gasteiger partial charge in [-0.1, -0.05) is 29.3 Å². The van der Waals surface area contributed by atoms with Crippen molar-refractivity contribution in [3.63, 3.8) is 0 Å². The van der Waals surface area contributed by atoms with Crippen molar-refractivity contribution in [2.24, 2.45) is 5.10 Å². The van der Waals surface area contributed by atoms with E-state index in [1.54, 1.807) is 32.0 Å². The summed E-state index contributed by atoms with van der Waals surface area (Å²) in [4.78, 5) is 35.4.